The zero-order valence-electron chi connectivity index (χ0n) is 8.50. The molecule has 1 aliphatic heterocycles. The van der Waals surface area contributed by atoms with E-state index in [4.69, 9.17) is 4.74 Å². The van der Waals surface area contributed by atoms with Crippen LogP contribution in [0, 0.1) is 5.82 Å². The van der Waals surface area contributed by atoms with Crippen LogP contribution >= 0.6 is 15.9 Å². The maximum atomic E-state index is 12.8. The molecular formula is C11H11BrFNO2. The number of amides is 1. The monoisotopic (exact) mass is 287 g/mol. The average molecular weight is 288 g/mol. The first-order valence-corrected chi connectivity index (χ1v) is 5.83. The highest BCUT2D eigenvalue weighted by atomic mass is 79.9. The van der Waals surface area contributed by atoms with E-state index in [1.165, 1.54) is 18.2 Å². The van der Waals surface area contributed by atoms with Crippen molar-refractivity contribution in [3.63, 3.8) is 0 Å². The normalized spacial score (nSPS) is 19.8. The molecule has 86 valence electrons. The Labute approximate surface area is 101 Å². The third-order valence-electron chi connectivity index (χ3n) is 2.41. The first-order chi connectivity index (χ1) is 7.66. The highest BCUT2D eigenvalue weighted by Crippen LogP contribution is 2.24. The molecule has 5 heteroatoms. The third-order valence-corrected chi connectivity index (χ3v) is 3.07. The minimum Gasteiger partial charge on any atom is -0.368 e. The number of anilines is 1. The summed E-state index contributed by atoms with van der Waals surface area (Å²) in [5, 5.41) is 2.70. The Morgan fingerprint density at radius 2 is 2.38 bits per heavy atom. The Kier molecular flexibility index (Phi) is 3.56. The van der Waals surface area contributed by atoms with E-state index in [-0.39, 0.29) is 17.8 Å². The second-order valence-corrected chi connectivity index (χ2v) is 4.47. The highest BCUT2D eigenvalue weighted by molar-refractivity contribution is 9.10. The molecule has 16 heavy (non-hydrogen) atoms. The molecule has 0 aromatic heterocycles. The van der Waals surface area contributed by atoms with Crippen molar-refractivity contribution in [1.82, 2.24) is 0 Å². The van der Waals surface area contributed by atoms with Gasteiger partial charge in [0.2, 0.25) is 0 Å². The van der Waals surface area contributed by atoms with Crippen LogP contribution in [-0.4, -0.2) is 18.6 Å². The van der Waals surface area contributed by atoms with Gasteiger partial charge in [0.05, 0.1) is 5.69 Å². The molecule has 1 fully saturated rings. The predicted molar refractivity (Wildman–Crippen MR) is 61.7 cm³/mol. The summed E-state index contributed by atoms with van der Waals surface area (Å²) in [5.74, 6) is -0.521. The van der Waals surface area contributed by atoms with Crippen LogP contribution in [0.25, 0.3) is 0 Å². The summed E-state index contributed by atoms with van der Waals surface area (Å²) >= 11 is 3.19. The number of carbonyl (C=O) groups excluding carboxylic acids is 1. The van der Waals surface area contributed by atoms with Crippen LogP contribution in [0.2, 0.25) is 0 Å². The minimum atomic E-state index is -0.378. The molecule has 1 aromatic carbocycles. The number of hydrogen-bond donors (Lipinski definition) is 1. The maximum absolute atomic E-state index is 12.8. The van der Waals surface area contributed by atoms with E-state index in [9.17, 15) is 9.18 Å². The van der Waals surface area contributed by atoms with Crippen molar-refractivity contribution in [2.24, 2.45) is 0 Å². The molecule has 3 nitrogen and oxygen atoms in total. The molecule has 1 aliphatic rings. The quantitative estimate of drug-likeness (QED) is 0.908. The van der Waals surface area contributed by atoms with Gasteiger partial charge in [-0.15, -0.1) is 0 Å². The Morgan fingerprint density at radius 1 is 1.56 bits per heavy atom. The predicted octanol–water partition coefficient (Wildman–Crippen LogP) is 2.71. The van der Waals surface area contributed by atoms with Gasteiger partial charge in [-0.1, -0.05) is 0 Å². The van der Waals surface area contributed by atoms with Crippen LogP contribution in [0.4, 0.5) is 10.1 Å². The van der Waals surface area contributed by atoms with Gasteiger partial charge in [-0.05, 0) is 47.0 Å². The van der Waals surface area contributed by atoms with Crippen molar-refractivity contribution in [1.29, 1.82) is 0 Å². The van der Waals surface area contributed by atoms with Gasteiger partial charge in [-0.2, -0.15) is 0 Å². The Balaban J connectivity index is 2.05. The third kappa shape index (κ3) is 2.59. The number of carbonyl (C=O) groups is 1. The zero-order valence-corrected chi connectivity index (χ0v) is 10.1. The van der Waals surface area contributed by atoms with Crippen molar-refractivity contribution in [3.05, 3.63) is 28.5 Å². The van der Waals surface area contributed by atoms with E-state index in [0.717, 1.165) is 12.8 Å². The molecule has 0 bridgehead atoms. The van der Waals surface area contributed by atoms with Crippen LogP contribution in [0.3, 0.4) is 0 Å². The van der Waals surface area contributed by atoms with Crippen molar-refractivity contribution < 1.29 is 13.9 Å². The lowest BCUT2D eigenvalue weighted by Gasteiger charge is -2.11. The van der Waals surface area contributed by atoms with E-state index in [0.29, 0.717) is 16.8 Å². The zero-order chi connectivity index (χ0) is 11.5. The van der Waals surface area contributed by atoms with Gasteiger partial charge >= 0.3 is 0 Å². The van der Waals surface area contributed by atoms with E-state index < -0.39 is 0 Å². The molecule has 1 amide bonds. The molecule has 1 heterocycles. The van der Waals surface area contributed by atoms with Crippen LogP contribution in [-0.2, 0) is 9.53 Å². The molecular weight excluding hydrogens is 277 g/mol. The number of benzene rings is 1. The molecule has 0 radical (unpaired) electrons. The summed E-state index contributed by atoms with van der Waals surface area (Å²) in [6, 6.07) is 4.13. The molecule has 1 saturated heterocycles. The summed E-state index contributed by atoms with van der Waals surface area (Å²) in [6.45, 7) is 0.628. The van der Waals surface area contributed by atoms with Crippen LogP contribution in [0.5, 0.6) is 0 Å². The van der Waals surface area contributed by atoms with E-state index >= 15 is 0 Å². The fourth-order valence-corrected chi connectivity index (χ4v) is 2.04. The number of halogens is 2. The number of nitrogens with one attached hydrogen (secondary N) is 1. The summed E-state index contributed by atoms with van der Waals surface area (Å²) in [5.41, 5.74) is 0.557. The molecule has 1 N–H and O–H groups in total. The highest BCUT2D eigenvalue weighted by Gasteiger charge is 2.23. The molecule has 0 spiro atoms. The molecule has 0 unspecified atom stereocenters. The summed E-state index contributed by atoms with van der Waals surface area (Å²) in [4.78, 5) is 11.7. The lowest BCUT2D eigenvalue weighted by molar-refractivity contribution is -0.124. The number of rotatable bonds is 2. The lowest BCUT2D eigenvalue weighted by Crippen LogP contribution is -2.26. The molecule has 1 atom stereocenters. The number of ether oxygens (including phenoxy) is 1. The fourth-order valence-electron chi connectivity index (χ4n) is 1.59. The van der Waals surface area contributed by atoms with E-state index in [1.54, 1.807) is 0 Å². The van der Waals surface area contributed by atoms with Crippen LogP contribution < -0.4 is 5.32 Å². The molecule has 1 aromatic rings. The average Bonchev–Trinajstić information content (AvgIpc) is 2.75. The number of hydrogen-bond acceptors (Lipinski definition) is 2. The van der Waals surface area contributed by atoms with Gasteiger partial charge in [0.1, 0.15) is 11.9 Å². The van der Waals surface area contributed by atoms with Crippen LogP contribution in [0.1, 0.15) is 12.8 Å². The summed E-state index contributed by atoms with van der Waals surface area (Å²) < 4.78 is 18.6. The van der Waals surface area contributed by atoms with Crippen molar-refractivity contribution in [3.8, 4) is 0 Å². The lowest BCUT2D eigenvalue weighted by atomic mass is 10.2. The van der Waals surface area contributed by atoms with Crippen LogP contribution in [0.15, 0.2) is 22.7 Å². The topological polar surface area (TPSA) is 38.3 Å². The van der Waals surface area contributed by atoms with Crippen molar-refractivity contribution >= 4 is 27.5 Å². The maximum Gasteiger partial charge on any atom is 0.253 e. The standard InChI is InChI=1S/C11H11BrFNO2/c12-8-6-7(13)3-4-9(8)14-11(15)10-2-1-5-16-10/h3-4,6,10H,1-2,5H2,(H,14,15)/t10-/m1/s1. The Hall–Kier alpha value is -0.940. The first-order valence-electron chi connectivity index (χ1n) is 5.04. The summed E-state index contributed by atoms with van der Waals surface area (Å²) in [7, 11) is 0. The van der Waals surface area contributed by atoms with Gasteiger partial charge < -0.3 is 10.1 Å². The first kappa shape index (κ1) is 11.5. The van der Waals surface area contributed by atoms with Crippen molar-refractivity contribution in [2.75, 3.05) is 11.9 Å². The van der Waals surface area contributed by atoms with E-state index in [2.05, 4.69) is 21.2 Å². The SMILES string of the molecule is O=C(Nc1ccc(F)cc1Br)[C@H]1CCCO1. The Morgan fingerprint density at radius 3 is 3.00 bits per heavy atom. The molecule has 0 saturated carbocycles. The molecule has 2 rings (SSSR count). The Bertz CT molecular complexity index is 405. The van der Waals surface area contributed by atoms with Gasteiger partial charge in [-0.3, -0.25) is 4.79 Å². The smallest absolute Gasteiger partial charge is 0.253 e. The summed E-state index contributed by atoms with van der Waals surface area (Å²) in [6.07, 6.45) is 1.27. The van der Waals surface area contributed by atoms with Gasteiger partial charge in [0, 0.05) is 11.1 Å². The second-order valence-electron chi connectivity index (χ2n) is 3.62. The van der Waals surface area contributed by atoms with Gasteiger partial charge in [0.25, 0.3) is 5.91 Å². The van der Waals surface area contributed by atoms with Gasteiger partial charge in [-0.25, -0.2) is 4.39 Å². The fraction of sp³-hybridized carbons (Fsp3) is 0.364. The minimum absolute atomic E-state index is 0.176. The van der Waals surface area contributed by atoms with Crippen molar-refractivity contribution in [2.45, 2.75) is 18.9 Å². The second kappa shape index (κ2) is 4.93. The largest absolute Gasteiger partial charge is 0.368 e. The van der Waals surface area contributed by atoms with Gasteiger partial charge in [0.15, 0.2) is 0 Å². The molecule has 0 aliphatic carbocycles. The van der Waals surface area contributed by atoms with E-state index in [1.807, 2.05) is 0 Å².